The summed E-state index contributed by atoms with van der Waals surface area (Å²) in [4.78, 5) is 11.9. The highest BCUT2D eigenvalue weighted by atomic mass is 16.6. The Bertz CT molecular complexity index is 403. The van der Waals surface area contributed by atoms with Crippen molar-refractivity contribution in [3.63, 3.8) is 0 Å². The molecule has 2 heteroatoms. The van der Waals surface area contributed by atoms with Gasteiger partial charge in [0.25, 0.3) is 0 Å². The summed E-state index contributed by atoms with van der Waals surface area (Å²) in [7, 11) is 0. The summed E-state index contributed by atoms with van der Waals surface area (Å²) < 4.78 is 5.42. The van der Waals surface area contributed by atoms with Crippen molar-refractivity contribution in [2.75, 3.05) is 0 Å². The zero-order valence-electron chi connectivity index (χ0n) is 13.5. The number of esters is 1. The van der Waals surface area contributed by atoms with Crippen LogP contribution in [0.25, 0.3) is 0 Å². The molecule has 0 spiro atoms. The predicted molar refractivity (Wildman–Crippen MR) is 83.7 cm³/mol. The highest BCUT2D eigenvalue weighted by Gasteiger charge is 2.21. The van der Waals surface area contributed by atoms with E-state index < -0.39 is 0 Å². The van der Waals surface area contributed by atoms with Gasteiger partial charge in [-0.3, -0.25) is 4.79 Å². The van der Waals surface area contributed by atoms with Crippen molar-refractivity contribution in [3.8, 4) is 0 Å². The predicted octanol–water partition coefficient (Wildman–Crippen LogP) is 4.94. The normalized spacial score (nSPS) is 14.7. The number of ether oxygens (including phenoxy) is 1. The smallest absolute Gasteiger partial charge is 0.306 e. The molecule has 1 rings (SSSR count). The third-order valence-electron chi connectivity index (χ3n) is 3.51. The maximum Gasteiger partial charge on any atom is 0.306 e. The minimum Gasteiger partial charge on any atom is -0.460 e. The number of carbonyl (C=O) groups is 1. The Morgan fingerprint density at radius 1 is 1.20 bits per heavy atom. The number of carbonyl (C=O) groups excluding carboxylic acids is 1. The van der Waals surface area contributed by atoms with Crippen molar-refractivity contribution in [3.05, 3.63) is 35.9 Å². The van der Waals surface area contributed by atoms with Gasteiger partial charge in [-0.1, -0.05) is 50.6 Å². The van der Waals surface area contributed by atoms with Crippen molar-refractivity contribution < 1.29 is 9.53 Å². The fourth-order valence-corrected chi connectivity index (χ4v) is 2.43. The number of hydrogen-bond donors (Lipinski definition) is 0. The molecule has 2 unspecified atom stereocenters. The third kappa shape index (κ3) is 6.23. The van der Waals surface area contributed by atoms with Crippen LogP contribution < -0.4 is 0 Å². The molecule has 0 radical (unpaired) electrons. The molecular formula is C18H28O2. The summed E-state index contributed by atoms with van der Waals surface area (Å²) in [6, 6.07) is 10.5. The van der Waals surface area contributed by atoms with E-state index in [2.05, 4.69) is 38.1 Å². The van der Waals surface area contributed by atoms with Crippen LogP contribution in [0.5, 0.6) is 0 Å². The maximum atomic E-state index is 11.9. The molecule has 0 aliphatic heterocycles. The fourth-order valence-electron chi connectivity index (χ4n) is 2.43. The Labute approximate surface area is 123 Å². The third-order valence-corrected chi connectivity index (χ3v) is 3.51. The molecular weight excluding hydrogens is 248 g/mol. The van der Waals surface area contributed by atoms with Crippen LogP contribution in [0.1, 0.15) is 65.4 Å². The summed E-state index contributed by atoms with van der Waals surface area (Å²) in [6.07, 6.45) is 2.56. The Morgan fingerprint density at radius 3 is 2.30 bits per heavy atom. The lowest BCUT2D eigenvalue weighted by Gasteiger charge is -2.23. The molecule has 2 nitrogen and oxygen atoms in total. The minimum atomic E-state index is -0.388. The van der Waals surface area contributed by atoms with Gasteiger partial charge in [0.15, 0.2) is 0 Å². The van der Waals surface area contributed by atoms with E-state index in [0.717, 1.165) is 12.8 Å². The van der Waals surface area contributed by atoms with Crippen LogP contribution in [0.2, 0.25) is 0 Å². The van der Waals surface area contributed by atoms with Crippen molar-refractivity contribution >= 4 is 5.97 Å². The highest BCUT2D eigenvalue weighted by molar-refractivity contribution is 5.70. The van der Waals surface area contributed by atoms with E-state index in [1.807, 2.05) is 26.8 Å². The van der Waals surface area contributed by atoms with Crippen LogP contribution in [-0.2, 0) is 9.53 Å². The summed E-state index contributed by atoms with van der Waals surface area (Å²) in [5.41, 5.74) is 0.954. The van der Waals surface area contributed by atoms with E-state index in [0.29, 0.717) is 18.3 Å². The van der Waals surface area contributed by atoms with E-state index in [9.17, 15) is 4.79 Å². The molecule has 0 aliphatic rings. The summed E-state index contributed by atoms with van der Waals surface area (Å²) in [6.45, 7) is 10.1. The first kappa shape index (κ1) is 16.7. The zero-order valence-corrected chi connectivity index (χ0v) is 13.5. The lowest BCUT2D eigenvalue weighted by Crippen LogP contribution is -2.25. The molecule has 112 valence electrons. The minimum absolute atomic E-state index is 0.0791. The number of benzene rings is 1. The second-order valence-corrected chi connectivity index (χ2v) is 6.61. The Morgan fingerprint density at radius 2 is 1.80 bits per heavy atom. The molecule has 0 N–H and O–H groups in total. The van der Waals surface area contributed by atoms with Crippen LogP contribution in [0.4, 0.5) is 0 Å². The first-order valence-corrected chi connectivity index (χ1v) is 7.58. The van der Waals surface area contributed by atoms with E-state index in [1.54, 1.807) is 0 Å². The molecule has 20 heavy (non-hydrogen) atoms. The maximum absolute atomic E-state index is 11.9. The van der Waals surface area contributed by atoms with Gasteiger partial charge in [-0.25, -0.2) is 0 Å². The van der Waals surface area contributed by atoms with Crippen LogP contribution in [0.15, 0.2) is 30.3 Å². The van der Waals surface area contributed by atoms with Crippen molar-refractivity contribution in [2.24, 2.45) is 5.92 Å². The Kier molecular flexibility index (Phi) is 6.25. The number of hydrogen-bond acceptors (Lipinski definition) is 2. The van der Waals surface area contributed by atoms with Gasteiger partial charge >= 0.3 is 5.97 Å². The quantitative estimate of drug-likeness (QED) is 0.688. The summed E-state index contributed by atoms with van der Waals surface area (Å²) >= 11 is 0. The Balaban J connectivity index is 2.53. The second-order valence-electron chi connectivity index (χ2n) is 6.61. The van der Waals surface area contributed by atoms with Crippen LogP contribution in [-0.4, -0.2) is 11.6 Å². The first-order chi connectivity index (χ1) is 9.31. The van der Waals surface area contributed by atoms with E-state index in [4.69, 9.17) is 4.74 Å². The van der Waals surface area contributed by atoms with Crippen LogP contribution >= 0.6 is 0 Å². The van der Waals surface area contributed by atoms with Gasteiger partial charge in [-0.15, -0.1) is 0 Å². The molecule has 0 aromatic heterocycles. The monoisotopic (exact) mass is 276 g/mol. The lowest BCUT2D eigenvalue weighted by atomic mass is 9.87. The molecule has 2 atom stereocenters. The lowest BCUT2D eigenvalue weighted by molar-refractivity contribution is -0.156. The number of rotatable bonds is 6. The van der Waals surface area contributed by atoms with Gasteiger partial charge < -0.3 is 4.74 Å². The first-order valence-electron chi connectivity index (χ1n) is 7.58. The van der Waals surface area contributed by atoms with Crippen molar-refractivity contribution in [1.82, 2.24) is 0 Å². The average molecular weight is 276 g/mol. The molecule has 0 fully saturated rings. The SMILES string of the molecule is CCC(CC(=O)OC(C)(C)C)CC(C)c1ccccc1. The topological polar surface area (TPSA) is 26.3 Å². The highest BCUT2D eigenvalue weighted by Crippen LogP contribution is 2.27. The molecule has 0 aliphatic carbocycles. The molecule has 0 saturated heterocycles. The van der Waals surface area contributed by atoms with Gasteiger partial charge in [0, 0.05) is 6.42 Å². The molecule has 1 aromatic carbocycles. The van der Waals surface area contributed by atoms with Gasteiger partial charge in [0.2, 0.25) is 0 Å². The Hall–Kier alpha value is -1.31. The van der Waals surface area contributed by atoms with E-state index in [-0.39, 0.29) is 11.6 Å². The summed E-state index contributed by atoms with van der Waals surface area (Å²) in [5.74, 6) is 0.785. The van der Waals surface area contributed by atoms with Crippen molar-refractivity contribution in [2.45, 2.75) is 65.4 Å². The van der Waals surface area contributed by atoms with Crippen LogP contribution in [0, 0.1) is 5.92 Å². The average Bonchev–Trinajstić information content (AvgIpc) is 2.36. The van der Waals surface area contributed by atoms with Gasteiger partial charge in [-0.05, 0) is 44.6 Å². The van der Waals surface area contributed by atoms with Gasteiger partial charge in [0.1, 0.15) is 5.60 Å². The van der Waals surface area contributed by atoms with Crippen LogP contribution in [0.3, 0.4) is 0 Å². The molecule has 0 saturated carbocycles. The second kappa shape index (κ2) is 7.47. The van der Waals surface area contributed by atoms with Gasteiger partial charge in [-0.2, -0.15) is 0 Å². The summed E-state index contributed by atoms with van der Waals surface area (Å²) in [5, 5.41) is 0. The van der Waals surface area contributed by atoms with Gasteiger partial charge in [0.05, 0.1) is 0 Å². The largest absolute Gasteiger partial charge is 0.460 e. The standard InChI is InChI=1S/C18H28O2/c1-6-15(13-17(19)20-18(3,4)5)12-14(2)16-10-8-7-9-11-16/h7-11,14-15H,6,12-13H2,1-5H3. The molecule has 1 aromatic rings. The fraction of sp³-hybridized carbons (Fsp3) is 0.611. The molecule has 0 amide bonds. The molecule has 0 heterocycles. The molecule has 0 bridgehead atoms. The van der Waals surface area contributed by atoms with Crippen molar-refractivity contribution in [1.29, 1.82) is 0 Å². The zero-order chi connectivity index (χ0) is 15.2. The van der Waals surface area contributed by atoms with E-state index >= 15 is 0 Å². The van der Waals surface area contributed by atoms with E-state index in [1.165, 1.54) is 5.56 Å².